The van der Waals surface area contributed by atoms with Gasteiger partial charge in [-0.3, -0.25) is 4.79 Å². The van der Waals surface area contributed by atoms with Gasteiger partial charge in [-0.05, 0) is 43.5 Å². The summed E-state index contributed by atoms with van der Waals surface area (Å²) in [6.45, 7) is 3.59. The molecule has 17 heavy (non-hydrogen) atoms. The molecule has 0 aromatic heterocycles. The number of hydrogen-bond acceptors (Lipinski definition) is 1. The highest BCUT2D eigenvalue weighted by molar-refractivity contribution is 9.09. The van der Waals surface area contributed by atoms with Crippen molar-refractivity contribution in [3.8, 4) is 0 Å². The van der Waals surface area contributed by atoms with Gasteiger partial charge in [-0.1, -0.05) is 27.5 Å². The van der Waals surface area contributed by atoms with Crippen LogP contribution in [-0.2, 0) is 0 Å². The number of carbonyl (C=O) groups excluding carboxylic acids is 1. The Labute approximate surface area is 115 Å². The van der Waals surface area contributed by atoms with Gasteiger partial charge in [-0.2, -0.15) is 0 Å². The largest absolute Gasteiger partial charge is 0.339 e. The molecule has 1 aliphatic heterocycles. The van der Waals surface area contributed by atoms with Crippen molar-refractivity contribution >= 4 is 33.4 Å². The van der Waals surface area contributed by atoms with Crippen molar-refractivity contribution < 1.29 is 4.79 Å². The highest BCUT2D eigenvalue weighted by atomic mass is 79.9. The Bertz CT molecular complexity index is 427. The molecule has 2 rings (SSSR count). The van der Waals surface area contributed by atoms with Crippen molar-refractivity contribution in [2.24, 2.45) is 0 Å². The maximum Gasteiger partial charge on any atom is 0.254 e. The number of likely N-dealkylation sites (tertiary alicyclic amines) is 1. The smallest absolute Gasteiger partial charge is 0.254 e. The fraction of sp³-hybridized carbons (Fsp3) is 0.462. The molecule has 1 fully saturated rings. The molecule has 0 bridgehead atoms. The van der Waals surface area contributed by atoms with E-state index in [0.717, 1.165) is 37.1 Å². The molecule has 1 aliphatic rings. The van der Waals surface area contributed by atoms with E-state index in [4.69, 9.17) is 11.6 Å². The summed E-state index contributed by atoms with van der Waals surface area (Å²) in [5.74, 6) is 0.124. The zero-order valence-corrected chi connectivity index (χ0v) is 12.1. The number of carbonyl (C=O) groups is 1. The summed E-state index contributed by atoms with van der Waals surface area (Å²) >= 11 is 9.49. The van der Waals surface area contributed by atoms with Crippen LogP contribution in [0.25, 0.3) is 0 Å². The zero-order valence-electron chi connectivity index (χ0n) is 9.75. The number of hydrogen-bond donors (Lipinski definition) is 0. The Kier molecular flexibility index (Phi) is 4.10. The molecule has 0 unspecified atom stereocenters. The topological polar surface area (TPSA) is 20.3 Å². The number of benzene rings is 1. The van der Waals surface area contributed by atoms with Gasteiger partial charge >= 0.3 is 0 Å². The molecule has 0 radical (unpaired) electrons. The SMILES string of the molecule is Cc1cc(Cl)ccc1C(=O)N1CCC(Br)CC1. The number of halogens is 2. The second kappa shape index (κ2) is 5.40. The Morgan fingerprint density at radius 3 is 2.65 bits per heavy atom. The first kappa shape index (κ1) is 12.9. The molecule has 92 valence electrons. The van der Waals surface area contributed by atoms with E-state index in [0.29, 0.717) is 9.85 Å². The summed E-state index contributed by atoms with van der Waals surface area (Å²) in [6.07, 6.45) is 2.05. The summed E-state index contributed by atoms with van der Waals surface area (Å²) in [6, 6.07) is 5.44. The molecule has 2 nitrogen and oxygen atoms in total. The van der Waals surface area contributed by atoms with E-state index in [1.54, 1.807) is 6.07 Å². The number of piperidine rings is 1. The third-order valence-corrected chi connectivity index (χ3v) is 4.28. The Morgan fingerprint density at radius 2 is 2.06 bits per heavy atom. The first-order chi connectivity index (χ1) is 8.08. The lowest BCUT2D eigenvalue weighted by Crippen LogP contribution is -2.38. The lowest BCUT2D eigenvalue weighted by molar-refractivity contribution is 0.0727. The van der Waals surface area contributed by atoms with E-state index in [2.05, 4.69) is 15.9 Å². The molecular formula is C13H15BrClNO. The van der Waals surface area contributed by atoms with Gasteiger partial charge in [-0.15, -0.1) is 0 Å². The van der Waals surface area contributed by atoms with Gasteiger partial charge < -0.3 is 4.90 Å². The zero-order chi connectivity index (χ0) is 12.4. The summed E-state index contributed by atoms with van der Waals surface area (Å²) in [4.78, 5) is 14.8. The summed E-state index contributed by atoms with van der Waals surface area (Å²) < 4.78 is 0. The number of amides is 1. The second-order valence-corrected chi connectivity index (χ2v) is 6.16. The molecule has 0 atom stereocenters. The molecule has 4 heteroatoms. The van der Waals surface area contributed by atoms with Crippen molar-refractivity contribution in [3.05, 3.63) is 34.3 Å². The van der Waals surface area contributed by atoms with Crippen molar-refractivity contribution in [1.29, 1.82) is 0 Å². The van der Waals surface area contributed by atoms with Crippen molar-refractivity contribution in [1.82, 2.24) is 4.90 Å². The Balaban J connectivity index is 2.14. The van der Waals surface area contributed by atoms with Gasteiger partial charge in [-0.25, -0.2) is 0 Å². The van der Waals surface area contributed by atoms with Crippen LogP contribution in [0.15, 0.2) is 18.2 Å². The van der Waals surface area contributed by atoms with Crippen LogP contribution in [0.1, 0.15) is 28.8 Å². The lowest BCUT2D eigenvalue weighted by Gasteiger charge is -2.30. The monoisotopic (exact) mass is 315 g/mol. The molecule has 1 saturated heterocycles. The fourth-order valence-corrected chi connectivity index (χ4v) is 2.72. The van der Waals surface area contributed by atoms with E-state index in [1.165, 1.54) is 0 Å². The highest BCUT2D eigenvalue weighted by Gasteiger charge is 2.22. The van der Waals surface area contributed by atoms with Crippen molar-refractivity contribution in [2.45, 2.75) is 24.6 Å². The Hall–Kier alpha value is -0.540. The number of nitrogens with zero attached hydrogens (tertiary/aromatic N) is 1. The van der Waals surface area contributed by atoms with Crippen molar-refractivity contribution in [3.63, 3.8) is 0 Å². The molecule has 0 spiro atoms. The average Bonchev–Trinajstić information content (AvgIpc) is 2.29. The normalized spacial score (nSPS) is 17.2. The van der Waals surface area contributed by atoms with E-state index in [1.807, 2.05) is 24.0 Å². The standard InChI is InChI=1S/C13H15BrClNO/c1-9-8-11(15)2-3-12(9)13(17)16-6-4-10(14)5-7-16/h2-3,8,10H,4-7H2,1H3. The molecule has 0 N–H and O–H groups in total. The predicted octanol–water partition coefficient (Wildman–Crippen LogP) is 3.65. The third kappa shape index (κ3) is 3.02. The molecule has 0 aliphatic carbocycles. The highest BCUT2D eigenvalue weighted by Crippen LogP contribution is 2.21. The van der Waals surface area contributed by atoms with Gasteiger partial charge in [0.15, 0.2) is 0 Å². The van der Waals surface area contributed by atoms with Gasteiger partial charge in [0.2, 0.25) is 0 Å². The summed E-state index contributed by atoms with van der Waals surface area (Å²) in [5, 5.41) is 0.679. The van der Waals surface area contributed by atoms with Crippen LogP contribution < -0.4 is 0 Å². The molecule has 1 aromatic rings. The van der Waals surface area contributed by atoms with Crippen LogP contribution >= 0.6 is 27.5 Å². The average molecular weight is 317 g/mol. The fourth-order valence-electron chi connectivity index (χ4n) is 2.09. The quantitative estimate of drug-likeness (QED) is 0.724. The molecule has 1 heterocycles. The van der Waals surface area contributed by atoms with E-state index < -0.39 is 0 Å². The summed E-state index contributed by atoms with van der Waals surface area (Å²) in [7, 11) is 0. The number of aryl methyl sites for hydroxylation is 1. The minimum absolute atomic E-state index is 0.124. The van der Waals surface area contributed by atoms with Gasteiger partial charge in [0.05, 0.1) is 0 Å². The minimum Gasteiger partial charge on any atom is -0.339 e. The molecule has 1 aromatic carbocycles. The summed E-state index contributed by atoms with van der Waals surface area (Å²) in [5.41, 5.74) is 1.71. The number of alkyl halides is 1. The van der Waals surface area contributed by atoms with Crippen LogP contribution in [0, 0.1) is 6.92 Å². The van der Waals surface area contributed by atoms with Crippen LogP contribution in [0.3, 0.4) is 0 Å². The second-order valence-electron chi connectivity index (χ2n) is 4.43. The molecular weight excluding hydrogens is 302 g/mol. The van der Waals surface area contributed by atoms with E-state index in [-0.39, 0.29) is 5.91 Å². The van der Waals surface area contributed by atoms with E-state index in [9.17, 15) is 4.79 Å². The van der Waals surface area contributed by atoms with Crippen LogP contribution in [0.2, 0.25) is 5.02 Å². The Morgan fingerprint density at radius 1 is 1.41 bits per heavy atom. The first-order valence-corrected chi connectivity index (χ1v) is 7.07. The van der Waals surface area contributed by atoms with Gasteiger partial charge in [0.25, 0.3) is 5.91 Å². The van der Waals surface area contributed by atoms with Crippen LogP contribution in [0.4, 0.5) is 0 Å². The van der Waals surface area contributed by atoms with E-state index >= 15 is 0 Å². The number of rotatable bonds is 1. The molecule has 1 amide bonds. The van der Waals surface area contributed by atoms with Gasteiger partial charge in [0, 0.05) is 28.5 Å². The lowest BCUT2D eigenvalue weighted by atomic mass is 10.1. The van der Waals surface area contributed by atoms with Crippen molar-refractivity contribution in [2.75, 3.05) is 13.1 Å². The molecule has 0 saturated carbocycles. The minimum atomic E-state index is 0.124. The van der Waals surface area contributed by atoms with Gasteiger partial charge in [0.1, 0.15) is 0 Å². The predicted molar refractivity (Wildman–Crippen MR) is 74.0 cm³/mol. The first-order valence-electron chi connectivity index (χ1n) is 5.77. The van der Waals surface area contributed by atoms with Crippen LogP contribution in [0.5, 0.6) is 0 Å². The third-order valence-electron chi connectivity index (χ3n) is 3.13. The van der Waals surface area contributed by atoms with Crippen LogP contribution in [-0.4, -0.2) is 28.7 Å². The maximum absolute atomic E-state index is 12.3. The maximum atomic E-state index is 12.3.